The van der Waals surface area contributed by atoms with Gasteiger partial charge < -0.3 is 15.2 Å². The third-order valence-corrected chi connectivity index (χ3v) is 3.35. The molecule has 1 aromatic heterocycles. The predicted molar refractivity (Wildman–Crippen MR) is 70.8 cm³/mol. The Kier molecular flexibility index (Phi) is 4.74. The molecular weight excluding hydrogens is 244 g/mol. The maximum absolute atomic E-state index is 11.7. The van der Waals surface area contributed by atoms with Crippen LogP contribution < -0.4 is 10.1 Å². The number of hydrogen-bond acceptors (Lipinski definition) is 4. The van der Waals surface area contributed by atoms with Crippen molar-refractivity contribution >= 4 is 5.91 Å². The first-order valence-corrected chi connectivity index (χ1v) is 6.70. The van der Waals surface area contributed by atoms with Gasteiger partial charge in [0.15, 0.2) is 0 Å². The number of carbonyl (C=O) groups is 1. The zero-order chi connectivity index (χ0) is 13.6. The van der Waals surface area contributed by atoms with Gasteiger partial charge in [-0.1, -0.05) is 12.8 Å². The van der Waals surface area contributed by atoms with Crippen molar-refractivity contribution < 1.29 is 14.6 Å². The van der Waals surface area contributed by atoms with E-state index in [1.807, 2.05) is 6.07 Å². The Hall–Kier alpha value is -1.62. The molecule has 1 amide bonds. The third-order valence-electron chi connectivity index (χ3n) is 3.35. The van der Waals surface area contributed by atoms with Crippen molar-refractivity contribution in [1.29, 1.82) is 0 Å². The van der Waals surface area contributed by atoms with Gasteiger partial charge in [-0.15, -0.1) is 0 Å². The summed E-state index contributed by atoms with van der Waals surface area (Å²) in [5.41, 5.74) is -0.783. The molecule has 19 heavy (non-hydrogen) atoms. The van der Waals surface area contributed by atoms with Crippen molar-refractivity contribution in [3.63, 3.8) is 0 Å². The molecule has 2 N–H and O–H groups in total. The Morgan fingerprint density at radius 3 is 2.95 bits per heavy atom. The molecule has 1 saturated carbocycles. The van der Waals surface area contributed by atoms with Crippen molar-refractivity contribution in [3.8, 4) is 5.75 Å². The Bertz CT molecular complexity index is 402. The van der Waals surface area contributed by atoms with E-state index in [1.54, 1.807) is 18.5 Å². The first-order valence-electron chi connectivity index (χ1n) is 6.70. The molecule has 1 aromatic rings. The van der Waals surface area contributed by atoms with Crippen molar-refractivity contribution in [1.82, 2.24) is 10.3 Å². The number of ether oxygens (including phenoxy) is 1. The monoisotopic (exact) mass is 264 g/mol. The maximum atomic E-state index is 11.7. The normalized spacial score (nSPS) is 17.1. The van der Waals surface area contributed by atoms with E-state index in [1.165, 1.54) is 0 Å². The average molecular weight is 264 g/mol. The smallest absolute Gasteiger partial charge is 0.223 e. The topological polar surface area (TPSA) is 71.5 Å². The van der Waals surface area contributed by atoms with Crippen LogP contribution in [-0.4, -0.2) is 34.8 Å². The molecule has 2 rings (SSSR count). The summed E-state index contributed by atoms with van der Waals surface area (Å²) in [7, 11) is 0. The second-order valence-corrected chi connectivity index (χ2v) is 5.00. The molecule has 1 aliphatic carbocycles. The number of pyridine rings is 1. The lowest BCUT2D eigenvalue weighted by Gasteiger charge is -2.21. The number of nitrogens with one attached hydrogen (secondary N) is 1. The number of amides is 1. The Morgan fingerprint density at radius 2 is 2.26 bits per heavy atom. The molecule has 104 valence electrons. The fraction of sp³-hybridized carbons (Fsp3) is 0.571. The summed E-state index contributed by atoms with van der Waals surface area (Å²) in [6, 6.07) is 3.61. The van der Waals surface area contributed by atoms with Gasteiger partial charge in [-0.3, -0.25) is 9.78 Å². The van der Waals surface area contributed by atoms with E-state index >= 15 is 0 Å². The van der Waals surface area contributed by atoms with Gasteiger partial charge in [-0.2, -0.15) is 0 Å². The van der Waals surface area contributed by atoms with E-state index in [0.717, 1.165) is 25.7 Å². The van der Waals surface area contributed by atoms with Gasteiger partial charge in [-0.05, 0) is 25.0 Å². The van der Waals surface area contributed by atoms with Gasteiger partial charge in [0.25, 0.3) is 0 Å². The lowest BCUT2D eigenvalue weighted by molar-refractivity contribution is -0.126. The molecule has 0 radical (unpaired) electrons. The molecule has 1 aliphatic rings. The Labute approximate surface area is 113 Å². The molecule has 0 atom stereocenters. The molecular formula is C14H20N2O3. The SMILES string of the molecule is O=C(CC1(O)CCCC1)NCCOc1cccnc1. The minimum Gasteiger partial charge on any atom is -0.490 e. The molecule has 0 aliphatic heterocycles. The van der Waals surface area contributed by atoms with Crippen LogP contribution >= 0.6 is 0 Å². The number of rotatable bonds is 6. The van der Waals surface area contributed by atoms with E-state index in [0.29, 0.717) is 18.9 Å². The highest BCUT2D eigenvalue weighted by atomic mass is 16.5. The minimum atomic E-state index is -0.783. The van der Waals surface area contributed by atoms with Crippen LogP contribution in [0.15, 0.2) is 24.5 Å². The second kappa shape index (κ2) is 6.52. The van der Waals surface area contributed by atoms with Crippen LogP contribution in [0.4, 0.5) is 0 Å². The number of nitrogens with zero attached hydrogens (tertiary/aromatic N) is 1. The summed E-state index contributed by atoms with van der Waals surface area (Å²) in [4.78, 5) is 15.6. The fourth-order valence-electron chi connectivity index (χ4n) is 2.36. The van der Waals surface area contributed by atoms with E-state index in [-0.39, 0.29) is 12.3 Å². The Balaban J connectivity index is 1.61. The average Bonchev–Trinajstić information content (AvgIpc) is 2.82. The van der Waals surface area contributed by atoms with Gasteiger partial charge in [0, 0.05) is 6.20 Å². The van der Waals surface area contributed by atoms with Crippen LogP contribution in [-0.2, 0) is 4.79 Å². The summed E-state index contributed by atoms with van der Waals surface area (Å²) in [6.07, 6.45) is 6.97. The van der Waals surface area contributed by atoms with E-state index in [2.05, 4.69) is 10.3 Å². The number of aromatic nitrogens is 1. The number of aliphatic hydroxyl groups is 1. The first kappa shape index (κ1) is 13.8. The van der Waals surface area contributed by atoms with Crippen LogP contribution in [0.25, 0.3) is 0 Å². The molecule has 5 heteroatoms. The quantitative estimate of drug-likeness (QED) is 0.759. The number of hydrogen-bond donors (Lipinski definition) is 2. The molecule has 0 unspecified atom stereocenters. The van der Waals surface area contributed by atoms with Crippen molar-refractivity contribution in [2.75, 3.05) is 13.2 Å². The molecule has 0 saturated heterocycles. The standard InChI is InChI=1S/C14H20N2O3/c17-13(10-14(18)5-1-2-6-14)16-8-9-19-12-4-3-7-15-11-12/h3-4,7,11,18H,1-2,5-6,8-10H2,(H,16,17). The third kappa shape index (κ3) is 4.52. The Morgan fingerprint density at radius 1 is 1.47 bits per heavy atom. The molecule has 0 bridgehead atoms. The molecule has 5 nitrogen and oxygen atoms in total. The summed E-state index contributed by atoms with van der Waals surface area (Å²) in [5.74, 6) is 0.574. The molecule has 1 heterocycles. The minimum absolute atomic E-state index is 0.112. The predicted octanol–water partition coefficient (Wildman–Crippen LogP) is 1.27. The lowest BCUT2D eigenvalue weighted by Crippen LogP contribution is -2.36. The summed E-state index contributed by atoms with van der Waals surface area (Å²) in [5, 5.41) is 12.9. The summed E-state index contributed by atoms with van der Waals surface area (Å²) in [6.45, 7) is 0.833. The molecule has 0 spiro atoms. The maximum Gasteiger partial charge on any atom is 0.223 e. The van der Waals surface area contributed by atoms with Crippen LogP contribution in [0.5, 0.6) is 5.75 Å². The van der Waals surface area contributed by atoms with Crippen LogP contribution in [0.3, 0.4) is 0 Å². The zero-order valence-electron chi connectivity index (χ0n) is 11.0. The second-order valence-electron chi connectivity index (χ2n) is 5.00. The number of carbonyl (C=O) groups excluding carboxylic acids is 1. The van der Waals surface area contributed by atoms with Crippen LogP contribution in [0.2, 0.25) is 0 Å². The van der Waals surface area contributed by atoms with Crippen LogP contribution in [0.1, 0.15) is 32.1 Å². The summed E-state index contributed by atoms with van der Waals surface area (Å²) < 4.78 is 5.41. The largest absolute Gasteiger partial charge is 0.490 e. The van der Waals surface area contributed by atoms with E-state index in [4.69, 9.17) is 4.74 Å². The van der Waals surface area contributed by atoms with Gasteiger partial charge in [0.2, 0.25) is 5.91 Å². The van der Waals surface area contributed by atoms with Gasteiger partial charge in [0.1, 0.15) is 12.4 Å². The van der Waals surface area contributed by atoms with E-state index in [9.17, 15) is 9.90 Å². The molecule has 1 fully saturated rings. The fourth-order valence-corrected chi connectivity index (χ4v) is 2.36. The first-order chi connectivity index (χ1) is 9.18. The highest BCUT2D eigenvalue weighted by Gasteiger charge is 2.33. The van der Waals surface area contributed by atoms with Gasteiger partial charge >= 0.3 is 0 Å². The van der Waals surface area contributed by atoms with E-state index < -0.39 is 5.60 Å². The summed E-state index contributed by atoms with van der Waals surface area (Å²) >= 11 is 0. The van der Waals surface area contributed by atoms with Crippen molar-refractivity contribution in [2.45, 2.75) is 37.7 Å². The van der Waals surface area contributed by atoms with Crippen molar-refractivity contribution in [3.05, 3.63) is 24.5 Å². The zero-order valence-corrected chi connectivity index (χ0v) is 11.0. The van der Waals surface area contributed by atoms with Crippen LogP contribution in [0, 0.1) is 0 Å². The highest BCUT2D eigenvalue weighted by molar-refractivity contribution is 5.77. The van der Waals surface area contributed by atoms with Gasteiger partial charge in [-0.25, -0.2) is 0 Å². The lowest BCUT2D eigenvalue weighted by atomic mass is 9.98. The van der Waals surface area contributed by atoms with Crippen molar-refractivity contribution in [2.24, 2.45) is 0 Å². The highest BCUT2D eigenvalue weighted by Crippen LogP contribution is 2.32. The molecule has 0 aromatic carbocycles. The van der Waals surface area contributed by atoms with Gasteiger partial charge in [0.05, 0.1) is 24.8 Å².